The zero-order valence-corrected chi connectivity index (χ0v) is 15.7. The van der Waals surface area contributed by atoms with Gasteiger partial charge in [-0.25, -0.2) is 0 Å². The van der Waals surface area contributed by atoms with Crippen LogP contribution >= 0.6 is 23.2 Å². The molecule has 0 N–H and O–H groups in total. The van der Waals surface area contributed by atoms with E-state index < -0.39 is 0 Å². The molecule has 1 nitrogen and oxygen atoms in total. The van der Waals surface area contributed by atoms with Crippen LogP contribution < -0.4 is 0 Å². The fourth-order valence-electron chi connectivity index (χ4n) is 2.80. The summed E-state index contributed by atoms with van der Waals surface area (Å²) in [5.41, 5.74) is 3.54. The lowest BCUT2D eigenvalue weighted by Crippen LogP contribution is -2.24. The molecule has 0 fully saturated rings. The van der Waals surface area contributed by atoms with Crippen molar-refractivity contribution in [1.82, 2.24) is 4.90 Å². The van der Waals surface area contributed by atoms with Crippen molar-refractivity contribution in [2.75, 3.05) is 19.6 Å². The summed E-state index contributed by atoms with van der Waals surface area (Å²) in [7, 11) is 0. The number of rotatable bonds is 7. The van der Waals surface area contributed by atoms with E-state index in [1.54, 1.807) is 6.07 Å². The average Bonchev–Trinajstić information content (AvgIpc) is 2.56. The Morgan fingerprint density at radius 3 is 2.17 bits per heavy atom. The van der Waals surface area contributed by atoms with Crippen molar-refractivity contribution in [3.8, 4) is 11.1 Å². The third kappa shape index (κ3) is 4.97. The van der Waals surface area contributed by atoms with Crippen molar-refractivity contribution in [1.29, 1.82) is 0 Å². The third-order valence-corrected chi connectivity index (χ3v) is 5.04. The van der Waals surface area contributed by atoms with Gasteiger partial charge in [-0.2, -0.15) is 0 Å². The Bertz CT molecular complexity index is 618. The SMILES string of the molecule is CCN(CC)CCC(C)c1ccc(-c2ccc(Cl)cc2Cl)cc1. The van der Waals surface area contributed by atoms with Gasteiger partial charge in [0.15, 0.2) is 0 Å². The van der Waals surface area contributed by atoms with Crippen LogP contribution in [-0.2, 0) is 0 Å². The second-order valence-electron chi connectivity index (χ2n) is 5.96. The van der Waals surface area contributed by atoms with Crippen LogP contribution in [-0.4, -0.2) is 24.5 Å². The van der Waals surface area contributed by atoms with Crippen molar-refractivity contribution in [3.05, 3.63) is 58.1 Å². The van der Waals surface area contributed by atoms with E-state index in [0.717, 1.165) is 30.8 Å². The van der Waals surface area contributed by atoms with Crippen molar-refractivity contribution in [3.63, 3.8) is 0 Å². The molecule has 3 heteroatoms. The summed E-state index contributed by atoms with van der Waals surface area (Å²) in [5, 5.41) is 1.36. The normalized spacial score (nSPS) is 12.6. The van der Waals surface area contributed by atoms with E-state index in [1.807, 2.05) is 12.1 Å². The highest BCUT2D eigenvalue weighted by Crippen LogP contribution is 2.31. The lowest BCUT2D eigenvalue weighted by molar-refractivity contribution is 0.292. The maximum Gasteiger partial charge on any atom is 0.0499 e. The molecule has 1 atom stereocenters. The van der Waals surface area contributed by atoms with Crippen LogP contribution in [0.25, 0.3) is 11.1 Å². The smallest absolute Gasteiger partial charge is 0.0499 e. The van der Waals surface area contributed by atoms with Gasteiger partial charge in [0.1, 0.15) is 0 Å². The Kier molecular flexibility index (Phi) is 6.95. The molecule has 0 aliphatic heterocycles. The molecule has 2 aromatic rings. The Hall–Kier alpha value is -1.02. The van der Waals surface area contributed by atoms with Gasteiger partial charge in [0, 0.05) is 15.6 Å². The predicted molar refractivity (Wildman–Crippen MR) is 103 cm³/mol. The zero-order chi connectivity index (χ0) is 16.8. The lowest BCUT2D eigenvalue weighted by Gasteiger charge is -2.21. The molecular weight excluding hydrogens is 325 g/mol. The molecule has 0 heterocycles. The first-order valence-corrected chi connectivity index (χ1v) is 9.08. The highest BCUT2D eigenvalue weighted by atomic mass is 35.5. The quantitative estimate of drug-likeness (QED) is 0.551. The Morgan fingerprint density at radius 2 is 1.61 bits per heavy atom. The van der Waals surface area contributed by atoms with E-state index in [0.29, 0.717) is 16.0 Å². The van der Waals surface area contributed by atoms with Gasteiger partial charge in [0.25, 0.3) is 0 Å². The van der Waals surface area contributed by atoms with Crippen LogP contribution in [0.4, 0.5) is 0 Å². The molecule has 0 aliphatic carbocycles. The summed E-state index contributed by atoms with van der Waals surface area (Å²) in [6.45, 7) is 10.1. The Morgan fingerprint density at radius 1 is 0.957 bits per heavy atom. The third-order valence-electron chi connectivity index (χ3n) is 4.49. The molecule has 0 spiro atoms. The number of hydrogen-bond acceptors (Lipinski definition) is 1. The second-order valence-corrected chi connectivity index (χ2v) is 6.81. The zero-order valence-electron chi connectivity index (χ0n) is 14.2. The van der Waals surface area contributed by atoms with E-state index >= 15 is 0 Å². The highest BCUT2D eigenvalue weighted by Gasteiger charge is 2.09. The van der Waals surface area contributed by atoms with E-state index in [1.165, 1.54) is 12.0 Å². The van der Waals surface area contributed by atoms with Gasteiger partial charge >= 0.3 is 0 Å². The number of halogens is 2. The van der Waals surface area contributed by atoms with Crippen molar-refractivity contribution in [2.45, 2.75) is 33.1 Å². The highest BCUT2D eigenvalue weighted by molar-refractivity contribution is 6.36. The predicted octanol–water partition coefficient (Wildman–Crippen LogP) is 6.50. The van der Waals surface area contributed by atoms with E-state index in [9.17, 15) is 0 Å². The van der Waals surface area contributed by atoms with E-state index in [2.05, 4.69) is 49.9 Å². The molecule has 0 saturated heterocycles. The molecule has 1 unspecified atom stereocenters. The van der Waals surface area contributed by atoms with Crippen LogP contribution in [0.3, 0.4) is 0 Å². The van der Waals surface area contributed by atoms with Crippen LogP contribution in [0.1, 0.15) is 38.7 Å². The minimum absolute atomic E-state index is 0.560. The van der Waals surface area contributed by atoms with Crippen LogP contribution in [0, 0.1) is 0 Å². The van der Waals surface area contributed by atoms with Gasteiger partial charge in [-0.05, 0) is 55.2 Å². The number of hydrogen-bond donors (Lipinski definition) is 0. The van der Waals surface area contributed by atoms with Gasteiger partial charge in [-0.1, -0.05) is 74.3 Å². The summed E-state index contributed by atoms with van der Waals surface area (Å²) in [6, 6.07) is 14.4. The maximum atomic E-state index is 6.29. The molecule has 0 amide bonds. The van der Waals surface area contributed by atoms with Crippen LogP contribution in [0.2, 0.25) is 10.0 Å². The van der Waals surface area contributed by atoms with Gasteiger partial charge in [0.2, 0.25) is 0 Å². The van der Waals surface area contributed by atoms with Gasteiger partial charge in [0.05, 0.1) is 0 Å². The maximum absolute atomic E-state index is 6.29. The standard InChI is InChI=1S/C20H25Cl2N/c1-4-23(5-2)13-12-15(3)16-6-8-17(9-7-16)19-11-10-18(21)14-20(19)22/h6-11,14-15H,4-5,12-13H2,1-3H3. The summed E-state index contributed by atoms with van der Waals surface area (Å²) in [4.78, 5) is 2.47. The summed E-state index contributed by atoms with van der Waals surface area (Å²) in [5.74, 6) is 0.560. The fourth-order valence-corrected chi connectivity index (χ4v) is 3.32. The molecule has 0 aromatic heterocycles. The first kappa shape index (κ1) is 18.3. The first-order valence-electron chi connectivity index (χ1n) is 8.32. The van der Waals surface area contributed by atoms with Crippen LogP contribution in [0.15, 0.2) is 42.5 Å². The number of nitrogens with zero attached hydrogens (tertiary/aromatic N) is 1. The molecule has 0 aliphatic rings. The summed E-state index contributed by atoms with van der Waals surface area (Å²) in [6.07, 6.45) is 1.18. The van der Waals surface area contributed by atoms with E-state index in [-0.39, 0.29) is 0 Å². The van der Waals surface area contributed by atoms with Gasteiger partial charge < -0.3 is 4.90 Å². The van der Waals surface area contributed by atoms with Crippen molar-refractivity contribution >= 4 is 23.2 Å². The minimum atomic E-state index is 0.560. The average molecular weight is 350 g/mol. The fraction of sp³-hybridized carbons (Fsp3) is 0.400. The Balaban J connectivity index is 2.06. The molecule has 0 saturated carbocycles. The van der Waals surface area contributed by atoms with E-state index in [4.69, 9.17) is 23.2 Å². The lowest BCUT2D eigenvalue weighted by atomic mass is 9.95. The molecule has 0 radical (unpaired) electrons. The topological polar surface area (TPSA) is 3.24 Å². The molecule has 23 heavy (non-hydrogen) atoms. The monoisotopic (exact) mass is 349 g/mol. The molecule has 124 valence electrons. The second kappa shape index (κ2) is 8.73. The van der Waals surface area contributed by atoms with Crippen molar-refractivity contribution < 1.29 is 0 Å². The van der Waals surface area contributed by atoms with Gasteiger partial charge in [-0.3, -0.25) is 0 Å². The number of benzene rings is 2. The summed E-state index contributed by atoms with van der Waals surface area (Å²) >= 11 is 12.3. The first-order chi connectivity index (χ1) is 11.0. The Labute approximate surface area is 150 Å². The van der Waals surface area contributed by atoms with Crippen LogP contribution in [0.5, 0.6) is 0 Å². The molecule has 2 rings (SSSR count). The summed E-state index contributed by atoms with van der Waals surface area (Å²) < 4.78 is 0. The minimum Gasteiger partial charge on any atom is -0.304 e. The largest absolute Gasteiger partial charge is 0.304 e. The molecular formula is C20H25Cl2N. The van der Waals surface area contributed by atoms with Gasteiger partial charge in [-0.15, -0.1) is 0 Å². The van der Waals surface area contributed by atoms with Crippen molar-refractivity contribution in [2.24, 2.45) is 0 Å². The molecule has 2 aromatic carbocycles. The molecule has 0 bridgehead atoms.